The third-order valence-corrected chi connectivity index (χ3v) is 4.07. The number of nitrogens with zero attached hydrogens (tertiary/aromatic N) is 4. The molecule has 0 atom stereocenters. The quantitative estimate of drug-likeness (QED) is 0.640. The highest BCUT2D eigenvalue weighted by Gasteiger charge is 2.25. The molecular formula is C22H26N4. The largest absolute Gasteiger partial charge is 0.255 e. The van der Waals surface area contributed by atoms with E-state index in [1.54, 1.807) is 0 Å². The van der Waals surface area contributed by atoms with Gasteiger partial charge < -0.3 is 0 Å². The van der Waals surface area contributed by atoms with Crippen molar-refractivity contribution in [2.45, 2.75) is 52.4 Å². The lowest BCUT2D eigenvalue weighted by molar-refractivity contribution is 0.497. The van der Waals surface area contributed by atoms with Crippen LogP contribution in [0.15, 0.2) is 48.7 Å². The number of hydrogen-bond acceptors (Lipinski definition) is 4. The maximum atomic E-state index is 4.73. The van der Waals surface area contributed by atoms with E-state index in [1.165, 1.54) is 0 Å². The van der Waals surface area contributed by atoms with E-state index in [-0.39, 0.29) is 10.8 Å². The van der Waals surface area contributed by atoms with Crippen LogP contribution in [0.3, 0.4) is 0 Å². The molecule has 0 fully saturated rings. The second-order valence-corrected chi connectivity index (χ2v) is 8.60. The van der Waals surface area contributed by atoms with Crippen molar-refractivity contribution in [3.63, 3.8) is 0 Å². The molecular weight excluding hydrogens is 320 g/mol. The predicted octanol–water partition coefficient (Wildman–Crippen LogP) is 5.20. The average Bonchev–Trinajstić information content (AvgIpc) is 2.61. The minimum absolute atomic E-state index is 0.144. The van der Waals surface area contributed by atoms with Gasteiger partial charge in [-0.15, -0.1) is 0 Å². The molecule has 3 rings (SSSR count). The van der Waals surface area contributed by atoms with Gasteiger partial charge in [0, 0.05) is 28.2 Å². The Bertz CT molecular complexity index is 854. The molecule has 0 saturated carbocycles. The minimum Gasteiger partial charge on any atom is -0.255 e. The van der Waals surface area contributed by atoms with Crippen LogP contribution in [0.2, 0.25) is 0 Å². The monoisotopic (exact) mass is 346 g/mol. The summed E-state index contributed by atoms with van der Waals surface area (Å²) in [5.74, 6) is 2.29. The van der Waals surface area contributed by atoms with Gasteiger partial charge in [-0.05, 0) is 12.1 Å². The first-order valence-electron chi connectivity index (χ1n) is 8.93. The van der Waals surface area contributed by atoms with Crippen LogP contribution in [0.4, 0.5) is 0 Å². The summed E-state index contributed by atoms with van der Waals surface area (Å²) >= 11 is 0. The Hall–Kier alpha value is -2.62. The predicted molar refractivity (Wildman–Crippen MR) is 106 cm³/mol. The Morgan fingerprint density at radius 2 is 1.19 bits per heavy atom. The Labute approximate surface area is 155 Å². The molecule has 26 heavy (non-hydrogen) atoms. The van der Waals surface area contributed by atoms with Crippen LogP contribution >= 0.6 is 0 Å². The Morgan fingerprint density at radius 3 is 1.65 bits per heavy atom. The number of aromatic nitrogens is 4. The molecule has 1 aromatic carbocycles. The zero-order valence-corrected chi connectivity index (χ0v) is 16.4. The summed E-state index contributed by atoms with van der Waals surface area (Å²) in [5.41, 5.74) is 2.66. The van der Waals surface area contributed by atoms with Crippen molar-refractivity contribution >= 4 is 0 Å². The molecule has 3 aromatic rings. The fraction of sp³-hybridized carbons (Fsp3) is 0.364. The summed E-state index contributed by atoms with van der Waals surface area (Å²) in [6.07, 6.45) is 1.84. The van der Waals surface area contributed by atoms with Crippen LogP contribution in [0, 0.1) is 0 Å². The van der Waals surface area contributed by atoms with E-state index < -0.39 is 0 Å². The summed E-state index contributed by atoms with van der Waals surface area (Å²) in [4.78, 5) is 18.8. The van der Waals surface area contributed by atoms with Gasteiger partial charge in [0.25, 0.3) is 0 Å². The molecule has 2 aromatic heterocycles. The second-order valence-electron chi connectivity index (χ2n) is 8.60. The molecule has 0 radical (unpaired) electrons. The highest BCUT2D eigenvalue weighted by atomic mass is 15.1. The summed E-state index contributed by atoms with van der Waals surface area (Å²) in [6.45, 7) is 12.7. The highest BCUT2D eigenvalue weighted by molar-refractivity contribution is 5.63. The standard InChI is InChI=1S/C22H26N4/c1-21(2,3)19-24-18(25-20(26-19)22(4,5)6)16-12-13-17(23-14-16)15-10-8-7-9-11-15/h7-14H,1-6H3. The SMILES string of the molecule is CC(C)(C)c1nc(-c2ccc(-c3ccccc3)nc2)nc(C(C)(C)C)n1. The molecule has 134 valence electrons. The smallest absolute Gasteiger partial charge is 0.164 e. The van der Waals surface area contributed by atoms with Crippen LogP contribution in [0.5, 0.6) is 0 Å². The third kappa shape index (κ3) is 3.96. The zero-order valence-electron chi connectivity index (χ0n) is 16.4. The minimum atomic E-state index is -0.144. The van der Waals surface area contributed by atoms with Gasteiger partial charge in [-0.2, -0.15) is 0 Å². The molecule has 0 aliphatic carbocycles. The molecule has 0 aliphatic rings. The van der Waals surface area contributed by atoms with Crippen molar-refractivity contribution in [2.24, 2.45) is 0 Å². The molecule has 0 bridgehead atoms. The molecule has 0 N–H and O–H groups in total. The first-order chi connectivity index (χ1) is 12.1. The van der Waals surface area contributed by atoms with Crippen molar-refractivity contribution in [1.29, 1.82) is 0 Å². The lowest BCUT2D eigenvalue weighted by Crippen LogP contribution is -2.24. The van der Waals surface area contributed by atoms with Crippen LogP contribution in [-0.4, -0.2) is 19.9 Å². The van der Waals surface area contributed by atoms with Crippen LogP contribution in [0.25, 0.3) is 22.6 Å². The normalized spacial score (nSPS) is 12.2. The number of hydrogen-bond donors (Lipinski definition) is 0. The van der Waals surface area contributed by atoms with Gasteiger partial charge in [0.05, 0.1) is 5.69 Å². The highest BCUT2D eigenvalue weighted by Crippen LogP contribution is 2.27. The van der Waals surface area contributed by atoms with Crippen LogP contribution in [-0.2, 0) is 10.8 Å². The number of benzene rings is 1. The van der Waals surface area contributed by atoms with E-state index in [0.29, 0.717) is 5.82 Å². The molecule has 0 spiro atoms. The maximum Gasteiger partial charge on any atom is 0.164 e. The average molecular weight is 346 g/mol. The van der Waals surface area contributed by atoms with E-state index in [4.69, 9.17) is 15.0 Å². The van der Waals surface area contributed by atoms with Crippen LogP contribution < -0.4 is 0 Å². The van der Waals surface area contributed by atoms with Gasteiger partial charge >= 0.3 is 0 Å². The third-order valence-electron chi connectivity index (χ3n) is 4.07. The lowest BCUT2D eigenvalue weighted by Gasteiger charge is -2.22. The summed E-state index contributed by atoms with van der Waals surface area (Å²) in [7, 11) is 0. The van der Waals surface area contributed by atoms with E-state index in [9.17, 15) is 0 Å². The Kier molecular flexibility index (Phi) is 4.61. The topological polar surface area (TPSA) is 51.6 Å². The summed E-state index contributed by atoms with van der Waals surface area (Å²) < 4.78 is 0. The maximum absolute atomic E-state index is 4.73. The fourth-order valence-electron chi connectivity index (χ4n) is 2.48. The number of pyridine rings is 1. The molecule has 0 saturated heterocycles. The van der Waals surface area contributed by atoms with E-state index >= 15 is 0 Å². The molecule has 2 heterocycles. The van der Waals surface area contributed by atoms with Crippen molar-refractivity contribution in [3.8, 4) is 22.6 Å². The van der Waals surface area contributed by atoms with Crippen molar-refractivity contribution in [2.75, 3.05) is 0 Å². The van der Waals surface area contributed by atoms with E-state index in [1.807, 2.05) is 36.5 Å². The van der Waals surface area contributed by atoms with Crippen molar-refractivity contribution in [1.82, 2.24) is 19.9 Å². The zero-order chi connectivity index (χ0) is 18.9. The first kappa shape index (κ1) is 18.2. The molecule has 0 amide bonds. The van der Waals surface area contributed by atoms with Gasteiger partial charge in [0.15, 0.2) is 5.82 Å². The molecule has 0 unspecified atom stereocenters. The second kappa shape index (κ2) is 6.60. The Balaban J connectivity index is 2.06. The van der Waals surface area contributed by atoms with Gasteiger partial charge in [0.1, 0.15) is 11.6 Å². The van der Waals surface area contributed by atoms with Gasteiger partial charge in [0.2, 0.25) is 0 Å². The van der Waals surface area contributed by atoms with Crippen LogP contribution in [0.1, 0.15) is 53.2 Å². The van der Waals surface area contributed by atoms with Gasteiger partial charge in [-0.1, -0.05) is 71.9 Å². The van der Waals surface area contributed by atoms with E-state index in [2.05, 4.69) is 58.7 Å². The summed E-state index contributed by atoms with van der Waals surface area (Å²) in [6, 6.07) is 14.2. The van der Waals surface area contributed by atoms with E-state index in [0.717, 1.165) is 28.5 Å². The molecule has 0 aliphatic heterocycles. The molecule has 4 heteroatoms. The Morgan fingerprint density at radius 1 is 0.615 bits per heavy atom. The van der Waals surface area contributed by atoms with Crippen molar-refractivity contribution < 1.29 is 0 Å². The lowest BCUT2D eigenvalue weighted by atomic mass is 9.93. The van der Waals surface area contributed by atoms with Gasteiger partial charge in [-0.25, -0.2) is 15.0 Å². The van der Waals surface area contributed by atoms with Crippen molar-refractivity contribution in [3.05, 3.63) is 60.3 Å². The fourth-order valence-corrected chi connectivity index (χ4v) is 2.48. The summed E-state index contributed by atoms with van der Waals surface area (Å²) in [5, 5.41) is 0. The first-order valence-corrected chi connectivity index (χ1v) is 8.93. The van der Waals surface area contributed by atoms with Gasteiger partial charge in [-0.3, -0.25) is 4.98 Å². The number of rotatable bonds is 2. The molecule has 4 nitrogen and oxygen atoms in total.